The van der Waals surface area contributed by atoms with E-state index in [1.165, 1.54) is 41.9 Å². The molecule has 0 N–H and O–H groups in total. The van der Waals surface area contributed by atoms with Gasteiger partial charge >= 0.3 is 153 Å². The molecule has 2 nitrogen and oxygen atoms in total. The van der Waals surface area contributed by atoms with Gasteiger partial charge in [-0.05, 0) is 0 Å². The summed E-state index contributed by atoms with van der Waals surface area (Å²) in [6.45, 7) is 4.31. The molecular weight excluding hydrogens is 426 g/mol. The zero-order valence-electron chi connectivity index (χ0n) is 13.5. The van der Waals surface area contributed by atoms with E-state index in [0.29, 0.717) is 26.3 Å². The first-order chi connectivity index (χ1) is 11.7. The van der Waals surface area contributed by atoms with Crippen LogP contribution in [0.5, 0.6) is 0 Å². The van der Waals surface area contributed by atoms with E-state index >= 15 is 0 Å². The Morgan fingerprint density at radius 2 is 1.08 bits per heavy atom. The van der Waals surface area contributed by atoms with Crippen molar-refractivity contribution in [3.63, 3.8) is 0 Å². The molecule has 24 heavy (non-hydrogen) atoms. The maximum atomic E-state index is 4.64. The molecule has 0 saturated carbocycles. The molecule has 0 unspecified atom stereocenters. The molecule has 0 fully saturated rings. The Kier molecular flexibility index (Phi) is 4.39. The van der Waals surface area contributed by atoms with Crippen LogP contribution < -0.4 is 8.92 Å². The Hall–Kier alpha value is -1.70. The summed E-state index contributed by atoms with van der Waals surface area (Å²) in [6.07, 6.45) is 3.85. The van der Waals surface area contributed by atoms with E-state index in [-0.39, 0.29) is 0 Å². The van der Waals surface area contributed by atoms with Gasteiger partial charge in [0.2, 0.25) is 0 Å². The number of hydrogen-bond acceptors (Lipinski definition) is 2. The third-order valence-electron chi connectivity index (χ3n) is 4.13. The number of benzene rings is 2. The second kappa shape index (κ2) is 6.66. The molecule has 0 spiro atoms. The molecule has 0 aliphatic rings. The summed E-state index contributed by atoms with van der Waals surface area (Å²) in [5.74, 6) is 0. The van der Waals surface area contributed by atoms with Gasteiger partial charge in [-0.25, -0.2) is 0 Å². The quantitative estimate of drug-likeness (QED) is 0.456. The van der Waals surface area contributed by atoms with Gasteiger partial charge in [0.15, 0.2) is 0 Å². The fraction of sp³-hybridized carbons (Fsp3) is 0.100. The number of rotatable bonds is 3. The van der Waals surface area contributed by atoms with Crippen LogP contribution in [0, 0.1) is 13.8 Å². The number of fused-ring (bicyclic) bond motifs is 2. The van der Waals surface area contributed by atoms with E-state index in [2.05, 4.69) is 72.3 Å². The number of aryl methyl sites for hydroxylation is 2. The van der Waals surface area contributed by atoms with Crippen molar-refractivity contribution in [2.75, 3.05) is 0 Å². The van der Waals surface area contributed by atoms with Gasteiger partial charge in [0.05, 0.1) is 0 Å². The van der Waals surface area contributed by atoms with Gasteiger partial charge in [-0.2, -0.15) is 0 Å². The minimum atomic E-state index is 0.396. The van der Waals surface area contributed by atoms with E-state index in [9.17, 15) is 0 Å². The van der Waals surface area contributed by atoms with Crippen molar-refractivity contribution in [2.24, 2.45) is 0 Å². The average Bonchev–Trinajstić information content (AvgIpc) is 2.61. The number of aromatic nitrogens is 2. The Labute approximate surface area is 152 Å². The molecule has 0 amide bonds. The van der Waals surface area contributed by atoms with Crippen molar-refractivity contribution in [2.45, 2.75) is 13.8 Å². The molecule has 0 radical (unpaired) electrons. The molecule has 0 bridgehead atoms. The number of pyridine rings is 2. The van der Waals surface area contributed by atoms with Crippen molar-refractivity contribution < 1.29 is 0 Å². The topological polar surface area (TPSA) is 25.8 Å². The summed E-state index contributed by atoms with van der Waals surface area (Å²) in [4.78, 5) is 9.28. The van der Waals surface area contributed by atoms with Gasteiger partial charge in [0.1, 0.15) is 0 Å². The molecule has 4 rings (SSSR count). The Balaban J connectivity index is 1.72. The molecule has 2 heterocycles. The van der Waals surface area contributed by atoms with Crippen molar-refractivity contribution in [1.29, 1.82) is 0 Å². The van der Waals surface area contributed by atoms with Crippen LogP contribution in [0.25, 0.3) is 21.8 Å². The summed E-state index contributed by atoms with van der Waals surface area (Å²) >= 11 is 0.792. The summed E-state index contributed by atoms with van der Waals surface area (Å²) in [5.41, 5.74) is 4.94. The Morgan fingerprint density at radius 1 is 0.625 bits per heavy atom. The van der Waals surface area contributed by atoms with Gasteiger partial charge in [-0.3, -0.25) is 0 Å². The van der Waals surface area contributed by atoms with Crippen molar-refractivity contribution in [3.8, 4) is 0 Å². The maximum absolute atomic E-state index is 4.64. The minimum absolute atomic E-state index is 0.396. The summed E-state index contributed by atoms with van der Waals surface area (Å²) < 4.78 is 2.79. The summed E-state index contributed by atoms with van der Waals surface area (Å²) in [6, 6.07) is 17.3. The van der Waals surface area contributed by atoms with Crippen molar-refractivity contribution in [3.05, 3.63) is 72.1 Å². The predicted molar refractivity (Wildman–Crippen MR) is 104 cm³/mol. The summed E-state index contributed by atoms with van der Waals surface area (Å²) in [5, 5.41) is 2.55. The molecule has 0 aliphatic heterocycles. The molecule has 0 saturated heterocycles. The second-order valence-corrected chi connectivity index (χ2v) is 11.9. The van der Waals surface area contributed by atoms with Crippen LogP contribution in [0.1, 0.15) is 11.1 Å². The molecule has 4 aromatic rings. The van der Waals surface area contributed by atoms with Gasteiger partial charge in [0, 0.05) is 0 Å². The molecule has 2 aromatic heterocycles. The normalized spacial score (nSPS) is 11.2. The monoisotopic (exact) mass is 444 g/mol. The molecule has 118 valence electrons. The standard InChI is InChI=1S/C20H16N2Se2/c1-13-9-11-21-19-15(13)5-3-7-17(19)23-24-18-8-4-6-16-14(2)10-12-22-20(16)18/h3-12H,1-2H3. The van der Waals surface area contributed by atoms with Crippen LogP contribution >= 0.6 is 0 Å². The molecule has 2 aromatic carbocycles. The predicted octanol–water partition coefficient (Wildman–Crippen LogP) is 2.67. The average molecular weight is 442 g/mol. The fourth-order valence-corrected chi connectivity index (χ4v) is 9.64. The van der Waals surface area contributed by atoms with E-state index in [1.807, 2.05) is 12.4 Å². The molecule has 4 heteroatoms. The zero-order chi connectivity index (χ0) is 16.5. The number of para-hydroxylation sites is 2. The van der Waals surface area contributed by atoms with Crippen LogP contribution in [0.15, 0.2) is 60.9 Å². The van der Waals surface area contributed by atoms with E-state index in [4.69, 9.17) is 0 Å². The third kappa shape index (κ3) is 2.87. The second-order valence-electron chi connectivity index (χ2n) is 5.73. The number of nitrogens with zero attached hydrogens (tertiary/aromatic N) is 2. The van der Waals surface area contributed by atoms with Crippen LogP contribution in [-0.4, -0.2) is 36.2 Å². The van der Waals surface area contributed by atoms with Gasteiger partial charge < -0.3 is 0 Å². The summed E-state index contributed by atoms with van der Waals surface area (Å²) in [7, 11) is 0. The Morgan fingerprint density at radius 3 is 1.54 bits per heavy atom. The SMILES string of the molecule is Cc1ccnc2c([Se][Se]c3cccc4c(C)ccnc34)cccc12. The van der Waals surface area contributed by atoms with E-state index in [1.54, 1.807) is 0 Å². The number of hydrogen-bond donors (Lipinski definition) is 0. The fourth-order valence-electron chi connectivity index (χ4n) is 2.80. The van der Waals surface area contributed by atoms with Gasteiger partial charge in [0.25, 0.3) is 0 Å². The van der Waals surface area contributed by atoms with Crippen LogP contribution in [0.3, 0.4) is 0 Å². The van der Waals surface area contributed by atoms with Crippen molar-refractivity contribution in [1.82, 2.24) is 9.97 Å². The van der Waals surface area contributed by atoms with Gasteiger partial charge in [-0.1, -0.05) is 0 Å². The third-order valence-corrected chi connectivity index (χ3v) is 11.3. The van der Waals surface area contributed by atoms with Crippen molar-refractivity contribution >= 4 is 57.0 Å². The van der Waals surface area contributed by atoms with E-state index < -0.39 is 0 Å². The van der Waals surface area contributed by atoms with Gasteiger partial charge in [-0.15, -0.1) is 0 Å². The first kappa shape index (κ1) is 15.8. The Bertz CT molecular complexity index is 959. The molecule has 0 aliphatic carbocycles. The molecular formula is C20H16N2Se2. The van der Waals surface area contributed by atoms with E-state index in [0.717, 1.165) is 0 Å². The van der Waals surface area contributed by atoms with Crippen LogP contribution in [0.2, 0.25) is 0 Å². The van der Waals surface area contributed by atoms with Crippen LogP contribution in [-0.2, 0) is 0 Å². The first-order valence-corrected chi connectivity index (χ1v) is 13.8. The van der Waals surface area contributed by atoms with Crippen LogP contribution in [0.4, 0.5) is 0 Å². The first-order valence-electron chi connectivity index (χ1n) is 7.77. The zero-order valence-corrected chi connectivity index (χ0v) is 16.9. The molecule has 0 atom stereocenters.